The van der Waals surface area contributed by atoms with E-state index in [0.717, 1.165) is 31.9 Å². The molecule has 1 saturated carbocycles. The SMILES string of the molecule is N[C@H]1CCCC[C@@H]1Nc1nn2cccnc2c1C(=O)Nc1cn[nH]c1C(F)(F)F. The molecule has 3 heterocycles. The Morgan fingerprint density at radius 3 is 2.86 bits per heavy atom. The first-order valence-electron chi connectivity index (χ1n) is 9.12. The van der Waals surface area contributed by atoms with Gasteiger partial charge in [0.15, 0.2) is 17.2 Å². The molecule has 1 aliphatic rings. The number of carbonyl (C=O) groups is 1. The van der Waals surface area contributed by atoms with E-state index < -0.39 is 23.5 Å². The van der Waals surface area contributed by atoms with Crippen molar-refractivity contribution >= 4 is 23.1 Å². The third-order valence-corrected chi connectivity index (χ3v) is 4.93. The van der Waals surface area contributed by atoms with Crippen molar-refractivity contribution in [1.29, 1.82) is 0 Å². The molecule has 0 radical (unpaired) electrons. The van der Waals surface area contributed by atoms with E-state index in [2.05, 4.69) is 25.8 Å². The summed E-state index contributed by atoms with van der Waals surface area (Å²) in [6.07, 6.45) is 2.96. The van der Waals surface area contributed by atoms with E-state index in [1.807, 2.05) is 5.10 Å². The number of aromatic amines is 1. The molecule has 5 N–H and O–H groups in total. The zero-order chi connectivity index (χ0) is 20.6. The number of rotatable bonds is 4. The third kappa shape index (κ3) is 3.75. The van der Waals surface area contributed by atoms with E-state index in [9.17, 15) is 18.0 Å². The van der Waals surface area contributed by atoms with Gasteiger partial charge in [-0.25, -0.2) is 9.50 Å². The van der Waals surface area contributed by atoms with Crippen LogP contribution in [0.25, 0.3) is 5.65 Å². The van der Waals surface area contributed by atoms with E-state index in [0.29, 0.717) is 0 Å². The van der Waals surface area contributed by atoms with Gasteiger partial charge in [0, 0.05) is 24.5 Å². The Kier molecular flexibility index (Phi) is 4.86. The number of amides is 1. The second-order valence-corrected chi connectivity index (χ2v) is 6.92. The lowest BCUT2D eigenvalue weighted by molar-refractivity contribution is -0.140. The van der Waals surface area contributed by atoms with Gasteiger partial charge >= 0.3 is 6.18 Å². The Morgan fingerprint density at radius 1 is 1.31 bits per heavy atom. The molecule has 1 fully saturated rings. The standard InChI is InChI=1S/C17H19F3N8O/c18-17(19,20)13-11(8-23-26-13)25-16(29)12-14(24-10-5-2-1-4-9(10)21)27-28-7-3-6-22-15(12)28/h3,6-10H,1-2,4-5,21H2,(H,23,26)(H,24,27)(H,25,29)/t9-,10-/m0/s1. The molecule has 29 heavy (non-hydrogen) atoms. The minimum absolute atomic E-state index is 0.0395. The summed E-state index contributed by atoms with van der Waals surface area (Å²) in [4.78, 5) is 17.1. The molecule has 1 amide bonds. The minimum atomic E-state index is -4.69. The lowest BCUT2D eigenvalue weighted by atomic mass is 9.91. The number of anilines is 2. The lowest BCUT2D eigenvalue weighted by Crippen LogP contribution is -2.43. The number of nitrogens with one attached hydrogen (secondary N) is 3. The molecule has 9 nitrogen and oxygen atoms in total. The van der Waals surface area contributed by atoms with Crippen molar-refractivity contribution in [2.24, 2.45) is 5.73 Å². The molecule has 4 rings (SSSR count). The summed E-state index contributed by atoms with van der Waals surface area (Å²) in [6.45, 7) is 0. The number of carbonyl (C=O) groups excluding carboxylic acids is 1. The highest BCUT2D eigenvalue weighted by molar-refractivity contribution is 6.12. The van der Waals surface area contributed by atoms with E-state index in [1.165, 1.54) is 10.7 Å². The van der Waals surface area contributed by atoms with Crippen molar-refractivity contribution in [3.8, 4) is 0 Å². The second-order valence-electron chi connectivity index (χ2n) is 6.92. The van der Waals surface area contributed by atoms with Gasteiger partial charge in [-0.3, -0.25) is 9.89 Å². The summed E-state index contributed by atoms with van der Waals surface area (Å²) >= 11 is 0. The van der Waals surface area contributed by atoms with Gasteiger partial charge in [-0.2, -0.15) is 18.3 Å². The zero-order valence-electron chi connectivity index (χ0n) is 15.2. The highest BCUT2D eigenvalue weighted by atomic mass is 19.4. The number of nitrogens with zero attached hydrogens (tertiary/aromatic N) is 4. The molecule has 0 spiro atoms. The smallest absolute Gasteiger partial charge is 0.364 e. The van der Waals surface area contributed by atoms with Gasteiger partial charge in [-0.15, -0.1) is 5.10 Å². The molecule has 2 atom stereocenters. The molecule has 0 aromatic carbocycles. The fourth-order valence-electron chi connectivity index (χ4n) is 3.49. The van der Waals surface area contributed by atoms with E-state index in [1.54, 1.807) is 12.3 Å². The first-order valence-corrected chi connectivity index (χ1v) is 9.12. The molecule has 0 saturated heterocycles. The van der Waals surface area contributed by atoms with Crippen LogP contribution in [-0.2, 0) is 6.18 Å². The van der Waals surface area contributed by atoms with Gasteiger partial charge in [-0.1, -0.05) is 12.8 Å². The maximum Gasteiger partial charge on any atom is 0.434 e. The average molecular weight is 408 g/mol. The summed E-state index contributed by atoms with van der Waals surface area (Å²) in [6, 6.07) is 1.43. The molecule has 0 bridgehead atoms. The predicted octanol–water partition coefficient (Wildman–Crippen LogP) is 2.41. The normalized spacial score (nSPS) is 20.0. The van der Waals surface area contributed by atoms with Crippen LogP contribution in [0.15, 0.2) is 24.7 Å². The highest BCUT2D eigenvalue weighted by Crippen LogP contribution is 2.33. The van der Waals surface area contributed by atoms with Crippen LogP contribution in [-0.4, -0.2) is 42.8 Å². The van der Waals surface area contributed by atoms with Crippen LogP contribution in [0.2, 0.25) is 0 Å². The molecule has 1 aliphatic carbocycles. The van der Waals surface area contributed by atoms with Crippen molar-refractivity contribution in [3.05, 3.63) is 35.9 Å². The highest BCUT2D eigenvalue weighted by Gasteiger charge is 2.37. The summed E-state index contributed by atoms with van der Waals surface area (Å²) in [5, 5.41) is 15.0. The van der Waals surface area contributed by atoms with Gasteiger partial charge in [-0.05, 0) is 18.9 Å². The molecule has 3 aromatic heterocycles. The zero-order valence-corrected chi connectivity index (χ0v) is 15.2. The monoisotopic (exact) mass is 408 g/mol. The minimum Gasteiger partial charge on any atom is -0.364 e. The molecule has 154 valence electrons. The van der Waals surface area contributed by atoms with Crippen LogP contribution >= 0.6 is 0 Å². The number of H-pyrrole nitrogens is 1. The van der Waals surface area contributed by atoms with Crippen molar-refractivity contribution < 1.29 is 18.0 Å². The lowest BCUT2D eigenvalue weighted by Gasteiger charge is -2.29. The number of fused-ring (bicyclic) bond motifs is 1. The Labute approximate surface area is 162 Å². The number of halogens is 3. The number of nitrogens with two attached hydrogens (primary N) is 1. The first kappa shape index (κ1) is 19.2. The Morgan fingerprint density at radius 2 is 2.10 bits per heavy atom. The van der Waals surface area contributed by atoms with Gasteiger partial charge in [0.2, 0.25) is 0 Å². The van der Waals surface area contributed by atoms with Crippen LogP contribution in [0.3, 0.4) is 0 Å². The van der Waals surface area contributed by atoms with E-state index in [4.69, 9.17) is 5.73 Å². The van der Waals surface area contributed by atoms with Crippen molar-refractivity contribution in [1.82, 2.24) is 24.8 Å². The Hall–Kier alpha value is -3.15. The van der Waals surface area contributed by atoms with Crippen LogP contribution in [0.1, 0.15) is 41.7 Å². The fourth-order valence-corrected chi connectivity index (χ4v) is 3.49. The van der Waals surface area contributed by atoms with Crippen LogP contribution in [0.4, 0.5) is 24.7 Å². The van der Waals surface area contributed by atoms with Gasteiger partial charge in [0.25, 0.3) is 5.91 Å². The maximum absolute atomic E-state index is 13.1. The fraction of sp³-hybridized carbons (Fsp3) is 0.412. The molecule has 0 aliphatic heterocycles. The van der Waals surface area contributed by atoms with Gasteiger partial charge in [0.1, 0.15) is 5.56 Å². The summed E-state index contributed by atoms with van der Waals surface area (Å²) in [7, 11) is 0. The van der Waals surface area contributed by atoms with Crippen molar-refractivity contribution in [2.45, 2.75) is 43.9 Å². The third-order valence-electron chi connectivity index (χ3n) is 4.93. The molecule has 12 heteroatoms. The van der Waals surface area contributed by atoms with Gasteiger partial charge in [0.05, 0.1) is 11.9 Å². The summed E-state index contributed by atoms with van der Waals surface area (Å²) < 4.78 is 40.6. The van der Waals surface area contributed by atoms with Crippen LogP contribution < -0.4 is 16.4 Å². The number of aromatic nitrogens is 5. The van der Waals surface area contributed by atoms with E-state index >= 15 is 0 Å². The largest absolute Gasteiger partial charge is 0.434 e. The quantitative estimate of drug-likeness (QED) is 0.525. The first-order chi connectivity index (χ1) is 13.8. The van der Waals surface area contributed by atoms with Gasteiger partial charge < -0.3 is 16.4 Å². The number of hydrogen-bond acceptors (Lipinski definition) is 6. The average Bonchev–Trinajstić information content (AvgIpc) is 3.27. The molecular formula is C17H19F3N8O. The topological polar surface area (TPSA) is 126 Å². The summed E-state index contributed by atoms with van der Waals surface area (Å²) in [5.41, 5.74) is 4.82. The Balaban J connectivity index is 1.68. The van der Waals surface area contributed by atoms with E-state index in [-0.39, 0.29) is 29.1 Å². The number of hydrogen-bond donors (Lipinski definition) is 4. The molecule has 3 aromatic rings. The van der Waals surface area contributed by atoms with Crippen LogP contribution in [0.5, 0.6) is 0 Å². The predicted molar refractivity (Wildman–Crippen MR) is 98.4 cm³/mol. The van der Waals surface area contributed by atoms with Crippen molar-refractivity contribution in [3.63, 3.8) is 0 Å². The number of alkyl halides is 3. The van der Waals surface area contributed by atoms with Crippen molar-refractivity contribution in [2.75, 3.05) is 10.6 Å². The second kappa shape index (κ2) is 7.35. The van der Waals surface area contributed by atoms with Crippen LogP contribution in [0, 0.1) is 0 Å². The molecule has 0 unspecified atom stereocenters. The molecular weight excluding hydrogens is 389 g/mol. The summed E-state index contributed by atoms with van der Waals surface area (Å²) in [5.74, 6) is -0.557. The Bertz CT molecular complexity index is 1030. The maximum atomic E-state index is 13.1.